The van der Waals surface area contributed by atoms with Crippen LogP contribution >= 0.6 is 0 Å². The summed E-state index contributed by atoms with van der Waals surface area (Å²) in [5, 5.41) is 2.94. The van der Waals surface area contributed by atoms with Crippen molar-refractivity contribution in [2.75, 3.05) is 31.1 Å². The van der Waals surface area contributed by atoms with Gasteiger partial charge in [-0.05, 0) is 62.1 Å². The molecular formula is C31H36N4O2. The van der Waals surface area contributed by atoms with Crippen molar-refractivity contribution in [3.8, 4) is 0 Å². The minimum Gasteiger partial charge on any atom is -0.371 e. The number of aromatic nitrogens is 1. The van der Waals surface area contributed by atoms with Gasteiger partial charge in [-0.25, -0.2) is 0 Å². The van der Waals surface area contributed by atoms with Crippen molar-refractivity contribution in [3.05, 3.63) is 95.8 Å². The third kappa shape index (κ3) is 6.63. The van der Waals surface area contributed by atoms with Gasteiger partial charge in [0.25, 0.3) is 0 Å². The number of Topliss-reactive ketones (excluding diaryl/α,β-unsaturated/α-hetero) is 1. The van der Waals surface area contributed by atoms with Crippen molar-refractivity contribution in [1.29, 1.82) is 0 Å². The number of likely N-dealkylation sites (tertiary alicyclic amines) is 1. The Kier molecular flexibility index (Phi) is 8.26. The number of hydrogen-bond donors (Lipinski definition) is 1. The number of nitrogens with one attached hydrogen (secondary N) is 1. The molecule has 3 aromatic rings. The molecule has 2 aliphatic heterocycles. The fourth-order valence-electron chi connectivity index (χ4n) is 5.64. The van der Waals surface area contributed by atoms with Crippen LogP contribution in [0.1, 0.15) is 47.3 Å². The van der Waals surface area contributed by atoms with E-state index in [1.165, 1.54) is 5.69 Å². The molecule has 192 valence electrons. The van der Waals surface area contributed by atoms with Gasteiger partial charge in [0.1, 0.15) is 0 Å². The molecule has 2 saturated heterocycles. The van der Waals surface area contributed by atoms with E-state index < -0.39 is 0 Å². The number of carbonyl (C=O) groups is 2. The van der Waals surface area contributed by atoms with Crippen LogP contribution in [-0.4, -0.2) is 53.8 Å². The molecule has 0 unspecified atom stereocenters. The highest BCUT2D eigenvalue weighted by Gasteiger charge is 2.32. The zero-order valence-corrected chi connectivity index (χ0v) is 21.4. The topological polar surface area (TPSA) is 65.5 Å². The summed E-state index contributed by atoms with van der Waals surface area (Å²) in [5.41, 5.74) is 3.93. The number of hydrogen-bond acceptors (Lipinski definition) is 5. The highest BCUT2D eigenvalue weighted by molar-refractivity contribution is 5.98. The van der Waals surface area contributed by atoms with Gasteiger partial charge in [-0.1, -0.05) is 48.5 Å². The highest BCUT2D eigenvalue weighted by atomic mass is 16.1. The molecule has 0 aliphatic carbocycles. The molecule has 3 heterocycles. The lowest BCUT2D eigenvalue weighted by molar-refractivity contribution is -0.120. The average Bonchev–Trinajstić information content (AvgIpc) is 2.97. The molecule has 1 aromatic heterocycles. The number of amides is 1. The second-order valence-electron chi connectivity index (χ2n) is 10.2. The molecule has 37 heavy (non-hydrogen) atoms. The standard InChI is InChI=1S/C31H36N4O2/c36-30(33-22-27-10-4-5-17-32-27)21-24-11-13-28(14-12-24)34-19-15-29(16-20-34)35-18-6-9-26(23-35)31(37)25-7-2-1-3-8-25/h1-5,7-8,10-14,17,26,29H,6,9,15-16,18-23H2,(H,33,36)/t26-/m0/s1. The van der Waals surface area contributed by atoms with Gasteiger partial charge < -0.3 is 10.2 Å². The van der Waals surface area contributed by atoms with E-state index in [9.17, 15) is 9.59 Å². The first-order chi connectivity index (χ1) is 18.2. The Balaban J connectivity index is 1.08. The summed E-state index contributed by atoms with van der Waals surface area (Å²) < 4.78 is 0. The van der Waals surface area contributed by atoms with Gasteiger partial charge in [-0.3, -0.25) is 19.5 Å². The van der Waals surface area contributed by atoms with Gasteiger partial charge in [0.05, 0.1) is 18.7 Å². The first kappa shape index (κ1) is 25.2. The van der Waals surface area contributed by atoms with Crippen LogP contribution in [-0.2, 0) is 17.8 Å². The summed E-state index contributed by atoms with van der Waals surface area (Å²) in [6, 6.07) is 24.4. The van der Waals surface area contributed by atoms with Crippen molar-refractivity contribution in [2.45, 2.75) is 44.7 Å². The monoisotopic (exact) mass is 496 g/mol. The number of nitrogens with zero attached hydrogens (tertiary/aromatic N) is 3. The number of ketones is 1. The van der Waals surface area contributed by atoms with E-state index in [1.54, 1.807) is 6.20 Å². The molecule has 0 saturated carbocycles. The third-order valence-electron chi connectivity index (χ3n) is 7.72. The molecule has 0 bridgehead atoms. The average molecular weight is 497 g/mol. The Hall–Kier alpha value is -3.51. The fourth-order valence-corrected chi connectivity index (χ4v) is 5.64. The number of pyridine rings is 1. The Labute approximate surface area is 219 Å². The highest BCUT2D eigenvalue weighted by Crippen LogP contribution is 2.28. The van der Waals surface area contributed by atoms with E-state index in [2.05, 4.69) is 44.4 Å². The van der Waals surface area contributed by atoms with Crippen molar-refractivity contribution < 1.29 is 9.59 Å². The zero-order valence-electron chi connectivity index (χ0n) is 21.4. The SMILES string of the molecule is O=C(Cc1ccc(N2CCC(N3CCC[C@H](C(=O)c4ccccc4)C3)CC2)cc1)NCc1ccccn1. The van der Waals surface area contributed by atoms with E-state index >= 15 is 0 Å². The van der Waals surface area contributed by atoms with Gasteiger partial charge in [0, 0.05) is 49.0 Å². The lowest BCUT2D eigenvalue weighted by Gasteiger charge is -2.42. The first-order valence-electron chi connectivity index (χ1n) is 13.5. The Morgan fingerprint density at radius 1 is 0.865 bits per heavy atom. The van der Waals surface area contributed by atoms with Crippen LogP contribution in [0.5, 0.6) is 0 Å². The molecule has 2 aromatic carbocycles. The van der Waals surface area contributed by atoms with Gasteiger partial charge in [-0.2, -0.15) is 0 Å². The number of rotatable bonds is 8. The fraction of sp³-hybridized carbons (Fsp3) is 0.387. The van der Waals surface area contributed by atoms with Crippen LogP contribution < -0.4 is 10.2 Å². The molecule has 6 nitrogen and oxygen atoms in total. The normalized spacial score (nSPS) is 18.9. The molecule has 0 radical (unpaired) electrons. The second-order valence-corrected chi connectivity index (χ2v) is 10.2. The van der Waals surface area contributed by atoms with E-state index in [-0.39, 0.29) is 11.8 Å². The smallest absolute Gasteiger partial charge is 0.224 e. The number of anilines is 1. The molecule has 6 heteroatoms. The van der Waals surface area contributed by atoms with Crippen LogP contribution in [0.25, 0.3) is 0 Å². The van der Waals surface area contributed by atoms with E-state index in [0.29, 0.717) is 24.8 Å². The summed E-state index contributed by atoms with van der Waals surface area (Å²) in [5.74, 6) is 0.418. The summed E-state index contributed by atoms with van der Waals surface area (Å²) in [6.45, 7) is 4.46. The molecule has 1 N–H and O–H groups in total. The van der Waals surface area contributed by atoms with E-state index in [0.717, 1.165) is 68.7 Å². The number of carbonyl (C=O) groups excluding carboxylic acids is 2. The quantitative estimate of drug-likeness (QED) is 0.465. The Morgan fingerprint density at radius 3 is 2.35 bits per heavy atom. The summed E-state index contributed by atoms with van der Waals surface area (Å²) in [7, 11) is 0. The van der Waals surface area contributed by atoms with Crippen LogP contribution in [0.4, 0.5) is 5.69 Å². The number of benzene rings is 2. The van der Waals surface area contributed by atoms with Gasteiger partial charge in [0.15, 0.2) is 5.78 Å². The molecule has 2 aliphatic rings. The molecule has 5 rings (SSSR count). The van der Waals surface area contributed by atoms with E-state index in [4.69, 9.17) is 0 Å². The molecule has 2 fully saturated rings. The van der Waals surface area contributed by atoms with Gasteiger partial charge in [-0.15, -0.1) is 0 Å². The van der Waals surface area contributed by atoms with Gasteiger partial charge >= 0.3 is 0 Å². The molecule has 1 atom stereocenters. The predicted molar refractivity (Wildman–Crippen MR) is 147 cm³/mol. The van der Waals surface area contributed by atoms with Crippen LogP contribution in [0.3, 0.4) is 0 Å². The Bertz CT molecular complexity index is 1160. The van der Waals surface area contributed by atoms with Crippen LogP contribution in [0.2, 0.25) is 0 Å². The van der Waals surface area contributed by atoms with Crippen molar-refractivity contribution in [3.63, 3.8) is 0 Å². The lowest BCUT2D eigenvalue weighted by Crippen LogP contribution is -2.49. The first-order valence-corrected chi connectivity index (χ1v) is 13.5. The minimum atomic E-state index is 0.00444. The van der Waals surface area contributed by atoms with E-state index in [1.807, 2.05) is 48.5 Å². The second kappa shape index (κ2) is 12.2. The minimum absolute atomic E-state index is 0.00444. The van der Waals surface area contributed by atoms with Crippen molar-refractivity contribution in [2.24, 2.45) is 5.92 Å². The summed E-state index contributed by atoms with van der Waals surface area (Å²) in [6.07, 6.45) is 6.43. The van der Waals surface area contributed by atoms with Crippen LogP contribution in [0, 0.1) is 5.92 Å². The number of piperidine rings is 2. The van der Waals surface area contributed by atoms with Crippen molar-refractivity contribution >= 4 is 17.4 Å². The molecular weight excluding hydrogens is 460 g/mol. The summed E-state index contributed by atoms with van der Waals surface area (Å²) in [4.78, 5) is 34.6. The lowest BCUT2D eigenvalue weighted by atomic mass is 9.88. The zero-order chi connectivity index (χ0) is 25.5. The maximum Gasteiger partial charge on any atom is 0.224 e. The maximum atomic E-state index is 13.0. The van der Waals surface area contributed by atoms with Crippen LogP contribution in [0.15, 0.2) is 79.0 Å². The molecule has 1 amide bonds. The Morgan fingerprint density at radius 2 is 1.62 bits per heavy atom. The third-order valence-corrected chi connectivity index (χ3v) is 7.72. The predicted octanol–water partition coefficient (Wildman–Crippen LogP) is 4.50. The maximum absolute atomic E-state index is 13.0. The molecule has 0 spiro atoms. The summed E-state index contributed by atoms with van der Waals surface area (Å²) >= 11 is 0. The largest absolute Gasteiger partial charge is 0.371 e. The van der Waals surface area contributed by atoms with Gasteiger partial charge in [0.2, 0.25) is 5.91 Å². The van der Waals surface area contributed by atoms with Crippen molar-refractivity contribution in [1.82, 2.24) is 15.2 Å².